The summed E-state index contributed by atoms with van der Waals surface area (Å²) in [6.07, 6.45) is 2.18. The molecule has 0 bridgehead atoms. The second-order valence-corrected chi connectivity index (χ2v) is 4.58. The van der Waals surface area contributed by atoms with Crippen molar-refractivity contribution in [2.75, 3.05) is 6.54 Å². The van der Waals surface area contributed by atoms with Crippen LogP contribution in [0, 0.1) is 0 Å². The molecule has 2 rings (SSSR count). The number of aromatic nitrogens is 2. The number of nitrogens with zero attached hydrogens (tertiary/aromatic N) is 2. The number of benzene rings is 1. The lowest BCUT2D eigenvalue weighted by atomic mass is 10.2. The first-order chi connectivity index (χ1) is 9.68. The first kappa shape index (κ1) is 14.3. The molecule has 0 fully saturated rings. The Labute approximate surface area is 121 Å². The van der Waals surface area contributed by atoms with E-state index in [2.05, 4.69) is 10.4 Å². The molecule has 0 aliphatic carbocycles. The van der Waals surface area contributed by atoms with Crippen LogP contribution in [0.15, 0.2) is 47.4 Å². The Kier molecular flexibility index (Phi) is 4.90. The summed E-state index contributed by atoms with van der Waals surface area (Å²) in [6, 6.07) is 9.92. The quantitative estimate of drug-likeness (QED) is 0.853. The highest BCUT2D eigenvalue weighted by Gasteiger charge is 2.08. The van der Waals surface area contributed by atoms with Gasteiger partial charge < -0.3 is 5.32 Å². The Morgan fingerprint density at radius 2 is 2.05 bits per heavy atom. The summed E-state index contributed by atoms with van der Waals surface area (Å²) in [7, 11) is 0. The third kappa shape index (κ3) is 3.68. The van der Waals surface area contributed by atoms with Crippen molar-refractivity contribution in [1.29, 1.82) is 0 Å². The molecule has 1 aromatic heterocycles. The average molecular weight is 292 g/mol. The number of carbonyl (C=O) groups excluding carboxylic acids is 1. The van der Waals surface area contributed by atoms with Gasteiger partial charge in [-0.05, 0) is 24.6 Å². The fraction of sp³-hybridized carbons (Fsp3) is 0.214. The average Bonchev–Trinajstić information content (AvgIpc) is 2.45. The van der Waals surface area contributed by atoms with Gasteiger partial charge in [-0.3, -0.25) is 9.59 Å². The number of halogens is 1. The molecule has 0 spiro atoms. The van der Waals surface area contributed by atoms with Gasteiger partial charge in [0.15, 0.2) is 0 Å². The number of amides is 1. The van der Waals surface area contributed by atoms with Crippen LogP contribution in [0.5, 0.6) is 0 Å². The van der Waals surface area contributed by atoms with Gasteiger partial charge in [-0.2, -0.15) is 5.10 Å². The summed E-state index contributed by atoms with van der Waals surface area (Å²) in [5, 5.41) is 7.12. The minimum absolute atomic E-state index is 0.148. The molecule has 1 heterocycles. The predicted molar refractivity (Wildman–Crippen MR) is 76.9 cm³/mol. The van der Waals surface area contributed by atoms with Gasteiger partial charge in [-0.25, -0.2) is 4.68 Å². The molecule has 0 radical (unpaired) electrons. The normalized spacial score (nSPS) is 10.2. The fourth-order valence-electron chi connectivity index (χ4n) is 1.73. The van der Waals surface area contributed by atoms with E-state index in [0.29, 0.717) is 30.1 Å². The standard InChI is InChI=1S/C14H14ClN3O2/c15-12-6-2-1-5-11(12)14(20)16-8-4-10-18-13(19)7-3-9-17-18/h1-3,5-7,9H,4,8,10H2,(H,16,20). The van der Waals surface area contributed by atoms with Crippen molar-refractivity contribution in [2.45, 2.75) is 13.0 Å². The van der Waals surface area contributed by atoms with E-state index in [1.54, 1.807) is 36.5 Å². The van der Waals surface area contributed by atoms with Gasteiger partial charge in [0.2, 0.25) is 0 Å². The molecule has 1 N–H and O–H groups in total. The van der Waals surface area contributed by atoms with Gasteiger partial charge in [0.05, 0.1) is 10.6 Å². The van der Waals surface area contributed by atoms with Crippen LogP contribution >= 0.6 is 11.6 Å². The summed E-state index contributed by atoms with van der Waals surface area (Å²) in [5.41, 5.74) is 0.300. The van der Waals surface area contributed by atoms with Crippen molar-refractivity contribution < 1.29 is 4.79 Å². The topological polar surface area (TPSA) is 64.0 Å². The maximum atomic E-state index is 11.9. The monoisotopic (exact) mass is 291 g/mol. The maximum absolute atomic E-state index is 11.9. The lowest BCUT2D eigenvalue weighted by Crippen LogP contribution is -2.27. The van der Waals surface area contributed by atoms with Gasteiger partial charge in [0.25, 0.3) is 11.5 Å². The number of rotatable bonds is 5. The highest BCUT2D eigenvalue weighted by molar-refractivity contribution is 6.33. The molecule has 0 saturated carbocycles. The minimum atomic E-state index is -0.219. The van der Waals surface area contributed by atoms with Gasteiger partial charge in [-0.15, -0.1) is 0 Å². The van der Waals surface area contributed by atoms with Gasteiger partial charge in [-0.1, -0.05) is 23.7 Å². The number of hydrogen-bond donors (Lipinski definition) is 1. The summed E-state index contributed by atoms with van der Waals surface area (Å²) in [5.74, 6) is -0.219. The lowest BCUT2D eigenvalue weighted by molar-refractivity contribution is 0.0952. The zero-order valence-corrected chi connectivity index (χ0v) is 11.5. The smallest absolute Gasteiger partial charge is 0.266 e. The van der Waals surface area contributed by atoms with Crippen LogP contribution in [0.1, 0.15) is 16.8 Å². The predicted octanol–water partition coefficient (Wildman–Crippen LogP) is 1.72. The van der Waals surface area contributed by atoms with Crippen LogP contribution in [-0.2, 0) is 6.54 Å². The molecule has 0 aliphatic heterocycles. The van der Waals surface area contributed by atoms with Crippen LogP contribution in [0.3, 0.4) is 0 Å². The Morgan fingerprint density at radius 3 is 2.80 bits per heavy atom. The molecule has 0 saturated heterocycles. The van der Waals surface area contributed by atoms with E-state index in [4.69, 9.17) is 11.6 Å². The van der Waals surface area contributed by atoms with Crippen molar-refractivity contribution in [2.24, 2.45) is 0 Å². The zero-order chi connectivity index (χ0) is 14.4. The Morgan fingerprint density at radius 1 is 1.25 bits per heavy atom. The Balaban J connectivity index is 1.82. The highest BCUT2D eigenvalue weighted by Crippen LogP contribution is 2.14. The molecule has 1 aromatic carbocycles. The number of nitrogens with one attached hydrogen (secondary N) is 1. The van der Waals surface area contributed by atoms with Crippen LogP contribution < -0.4 is 10.9 Å². The third-order valence-corrected chi connectivity index (χ3v) is 3.07. The first-order valence-corrected chi connectivity index (χ1v) is 6.61. The van der Waals surface area contributed by atoms with Crippen molar-refractivity contribution in [3.8, 4) is 0 Å². The first-order valence-electron chi connectivity index (χ1n) is 6.23. The molecule has 0 aliphatic rings. The molecular weight excluding hydrogens is 278 g/mol. The van der Waals surface area contributed by atoms with Crippen LogP contribution in [-0.4, -0.2) is 22.2 Å². The van der Waals surface area contributed by atoms with Crippen molar-refractivity contribution in [1.82, 2.24) is 15.1 Å². The van der Waals surface area contributed by atoms with E-state index < -0.39 is 0 Å². The van der Waals surface area contributed by atoms with E-state index >= 15 is 0 Å². The molecule has 6 heteroatoms. The molecular formula is C14H14ClN3O2. The summed E-state index contributed by atoms with van der Waals surface area (Å²) < 4.78 is 1.36. The Bertz CT molecular complexity index is 655. The molecule has 0 unspecified atom stereocenters. The van der Waals surface area contributed by atoms with E-state index in [-0.39, 0.29) is 11.5 Å². The third-order valence-electron chi connectivity index (χ3n) is 2.74. The van der Waals surface area contributed by atoms with Crippen molar-refractivity contribution in [3.63, 3.8) is 0 Å². The molecule has 104 valence electrons. The maximum Gasteiger partial charge on any atom is 0.266 e. The summed E-state index contributed by atoms with van der Waals surface area (Å²) >= 11 is 5.93. The summed E-state index contributed by atoms with van der Waals surface area (Å²) in [4.78, 5) is 23.3. The number of aryl methyl sites for hydroxylation is 1. The van der Waals surface area contributed by atoms with E-state index in [1.165, 1.54) is 10.7 Å². The van der Waals surface area contributed by atoms with E-state index in [0.717, 1.165) is 0 Å². The lowest BCUT2D eigenvalue weighted by Gasteiger charge is -2.07. The number of carbonyl (C=O) groups is 1. The summed E-state index contributed by atoms with van der Waals surface area (Å²) in [6.45, 7) is 0.912. The van der Waals surface area contributed by atoms with Gasteiger partial charge in [0, 0.05) is 25.4 Å². The van der Waals surface area contributed by atoms with Gasteiger partial charge >= 0.3 is 0 Å². The Hall–Kier alpha value is -2.14. The molecule has 5 nitrogen and oxygen atoms in total. The molecule has 20 heavy (non-hydrogen) atoms. The second kappa shape index (κ2) is 6.86. The SMILES string of the molecule is O=C(NCCCn1ncccc1=O)c1ccccc1Cl. The zero-order valence-electron chi connectivity index (χ0n) is 10.8. The van der Waals surface area contributed by atoms with Crippen LogP contribution in [0.4, 0.5) is 0 Å². The highest BCUT2D eigenvalue weighted by atomic mass is 35.5. The molecule has 0 atom stereocenters. The minimum Gasteiger partial charge on any atom is -0.352 e. The van der Waals surface area contributed by atoms with E-state index in [9.17, 15) is 9.59 Å². The van der Waals surface area contributed by atoms with Crippen molar-refractivity contribution in [3.05, 3.63) is 63.5 Å². The van der Waals surface area contributed by atoms with E-state index in [1.807, 2.05) is 0 Å². The largest absolute Gasteiger partial charge is 0.352 e. The molecule has 2 aromatic rings. The van der Waals surface area contributed by atoms with Crippen LogP contribution in [0.25, 0.3) is 0 Å². The number of hydrogen-bond acceptors (Lipinski definition) is 3. The fourth-order valence-corrected chi connectivity index (χ4v) is 1.95. The van der Waals surface area contributed by atoms with Gasteiger partial charge in [0.1, 0.15) is 0 Å². The molecule has 1 amide bonds. The van der Waals surface area contributed by atoms with Crippen molar-refractivity contribution >= 4 is 17.5 Å². The van der Waals surface area contributed by atoms with Crippen LogP contribution in [0.2, 0.25) is 5.02 Å². The second-order valence-electron chi connectivity index (χ2n) is 4.17.